The van der Waals surface area contributed by atoms with Gasteiger partial charge in [-0.1, -0.05) is 39.3 Å². The van der Waals surface area contributed by atoms with E-state index in [4.69, 9.17) is 0 Å². The first-order chi connectivity index (χ1) is 11.5. The number of nitrogens with zero attached hydrogens (tertiary/aromatic N) is 2. The average molecular weight is 460 g/mol. The van der Waals surface area contributed by atoms with Crippen LogP contribution in [0.3, 0.4) is 0 Å². The zero-order valence-electron chi connectivity index (χ0n) is 16.1. The van der Waals surface area contributed by atoms with Gasteiger partial charge >= 0.3 is 0 Å². The highest BCUT2D eigenvalue weighted by atomic mass is 127. The Labute approximate surface area is 169 Å². The first-order valence-electron chi connectivity index (χ1n) is 8.76. The van der Waals surface area contributed by atoms with Gasteiger partial charge in [0.2, 0.25) is 5.91 Å². The minimum atomic E-state index is 0. The molecular formula is C19H33IN4O. The fourth-order valence-corrected chi connectivity index (χ4v) is 2.41. The number of halogens is 1. The molecule has 0 fully saturated rings. The molecule has 1 amide bonds. The van der Waals surface area contributed by atoms with E-state index in [0.717, 1.165) is 30.2 Å². The molecule has 0 aliphatic carbocycles. The van der Waals surface area contributed by atoms with E-state index in [1.807, 2.05) is 45.2 Å². The maximum atomic E-state index is 11.9. The highest BCUT2D eigenvalue weighted by Gasteiger charge is 2.07. The van der Waals surface area contributed by atoms with Crippen molar-refractivity contribution in [3.63, 3.8) is 0 Å². The van der Waals surface area contributed by atoms with Gasteiger partial charge in [0.25, 0.3) is 0 Å². The fraction of sp³-hybridized carbons (Fsp3) is 0.579. The van der Waals surface area contributed by atoms with Gasteiger partial charge in [-0.3, -0.25) is 9.79 Å². The zero-order valence-corrected chi connectivity index (χ0v) is 18.5. The predicted molar refractivity (Wildman–Crippen MR) is 118 cm³/mol. The molecule has 2 N–H and O–H groups in total. The summed E-state index contributed by atoms with van der Waals surface area (Å²) in [7, 11) is 3.85. The topological polar surface area (TPSA) is 56.7 Å². The third-order valence-corrected chi connectivity index (χ3v) is 3.68. The van der Waals surface area contributed by atoms with Gasteiger partial charge in [-0.25, -0.2) is 0 Å². The molecule has 0 saturated heterocycles. The molecule has 0 atom stereocenters. The number of benzene rings is 1. The lowest BCUT2D eigenvalue weighted by Crippen LogP contribution is -2.38. The summed E-state index contributed by atoms with van der Waals surface area (Å²) in [6.45, 7) is 7.93. The van der Waals surface area contributed by atoms with Crippen LogP contribution in [-0.4, -0.2) is 37.4 Å². The average Bonchev–Trinajstić information content (AvgIpc) is 2.53. The number of nitrogens with one attached hydrogen (secondary N) is 2. The number of guanidine groups is 1. The first kappa shape index (κ1) is 23.7. The Kier molecular flexibility index (Phi) is 12.3. The number of rotatable bonds is 8. The molecule has 0 spiro atoms. The van der Waals surface area contributed by atoms with Crippen LogP contribution in [0.5, 0.6) is 0 Å². The standard InChI is InChI=1S/C19H32N4O.HI/c1-6-7-11-23(5)19(20-4)21-14-16-9-8-10-17(13-16)22-18(24)12-15(2)3;/h8-10,13,15H,6-7,11-12,14H2,1-5H3,(H,20,21)(H,22,24);1H. The number of amides is 1. The van der Waals surface area contributed by atoms with Crippen molar-refractivity contribution in [2.45, 2.75) is 46.6 Å². The van der Waals surface area contributed by atoms with Crippen molar-refractivity contribution in [1.29, 1.82) is 0 Å². The number of anilines is 1. The molecule has 6 heteroatoms. The summed E-state index contributed by atoms with van der Waals surface area (Å²) in [5.74, 6) is 1.31. The zero-order chi connectivity index (χ0) is 17.9. The Hall–Kier alpha value is -1.31. The van der Waals surface area contributed by atoms with Crippen LogP contribution in [0.25, 0.3) is 0 Å². The summed E-state index contributed by atoms with van der Waals surface area (Å²) >= 11 is 0. The Morgan fingerprint density at radius 3 is 2.64 bits per heavy atom. The quantitative estimate of drug-likeness (QED) is 0.349. The van der Waals surface area contributed by atoms with E-state index >= 15 is 0 Å². The van der Waals surface area contributed by atoms with E-state index in [0.29, 0.717) is 18.9 Å². The van der Waals surface area contributed by atoms with Crippen molar-refractivity contribution in [2.24, 2.45) is 10.9 Å². The lowest BCUT2D eigenvalue weighted by Gasteiger charge is -2.22. The van der Waals surface area contributed by atoms with E-state index in [-0.39, 0.29) is 29.9 Å². The summed E-state index contributed by atoms with van der Waals surface area (Å²) in [5, 5.41) is 6.33. The second-order valence-electron chi connectivity index (χ2n) is 6.52. The molecule has 142 valence electrons. The Balaban J connectivity index is 0.00000576. The third-order valence-electron chi connectivity index (χ3n) is 3.68. The van der Waals surface area contributed by atoms with Gasteiger partial charge in [-0.15, -0.1) is 24.0 Å². The van der Waals surface area contributed by atoms with Gasteiger partial charge < -0.3 is 15.5 Å². The Morgan fingerprint density at radius 2 is 2.04 bits per heavy atom. The van der Waals surface area contributed by atoms with Crippen LogP contribution in [0.1, 0.15) is 45.6 Å². The maximum absolute atomic E-state index is 11.9. The maximum Gasteiger partial charge on any atom is 0.224 e. The fourth-order valence-electron chi connectivity index (χ4n) is 2.41. The largest absolute Gasteiger partial charge is 0.352 e. The minimum Gasteiger partial charge on any atom is -0.352 e. The van der Waals surface area contributed by atoms with Gasteiger partial charge in [0.1, 0.15) is 0 Å². The van der Waals surface area contributed by atoms with Gasteiger partial charge in [-0.05, 0) is 30.0 Å². The molecule has 0 aliphatic rings. The number of aliphatic imine (C=N–C) groups is 1. The van der Waals surface area contributed by atoms with Crippen LogP contribution in [0.4, 0.5) is 5.69 Å². The molecule has 0 aliphatic heterocycles. The van der Waals surface area contributed by atoms with Crippen LogP contribution in [0, 0.1) is 5.92 Å². The van der Waals surface area contributed by atoms with Crippen molar-refractivity contribution in [3.8, 4) is 0 Å². The van der Waals surface area contributed by atoms with Gasteiger partial charge in [0.15, 0.2) is 5.96 Å². The molecule has 0 aromatic heterocycles. The molecule has 0 bridgehead atoms. The van der Waals surface area contributed by atoms with Crippen molar-refractivity contribution in [2.75, 3.05) is 26.0 Å². The van der Waals surface area contributed by atoms with Crippen LogP contribution < -0.4 is 10.6 Å². The van der Waals surface area contributed by atoms with Crippen LogP contribution >= 0.6 is 24.0 Å². The lowest BCUT2D eigenvalue weighted by molar-refractivity contribution is -0.116. The summed E-state index contributed by atoms with van der Waals surface area (Å²) in [6.07, 6.45) is 2.85. The lowest BCUT2D eigenvalue weighted by atomic mass is 10.1. The number of unbranched alkanes of at least 4 members (excludes halogenated alkanes) is 1. The number of carbonyl (C=O) groups excluding carboxylic acids is 1. The smallest absolute Gasteiger partial charge is 0.224 e. The van der Waals surface area contributed by atoms with E-state index in [9.17, 15) is 4.79 Å². The minimum absolute atomic E-state index is 0. The number of carbonyl (C=O) groups is 1. The molecule has 1 aromatic carbocycles. The molecule has 0 heterocycles. The third kappa shape index (κ3) is 9.67. The molecule has 1 aromatic rings. The molecule has 0 saturated carbocycles. The first-order valence-corrected chi connectivity index (χ1v) is 8.76. The molecule has 0 radical (unpaired) electrons. The van der Waals surface area contributed by atoms with Crippen LogP contribution in [0.2, 0.25) is 0 Å². The predicted octanol–water partition coefficient (Wildman–Crippen LogP) is 4.10. The van der Waals surface area contributed by atoms with Crippen LogP contribution in [-0.2, 0) is 11.3 Å². The number of hydrogen-bond donors (Lipinski definition) is 2. The van der Waals surface area contributed by atoms with Gasteiger partial charge in [0.05, 0.1) is 0 Å². The summed E-state index contributed by atoms with van der Waals surface area (Å²) in [6, 6.07) is 7.93. The summed E-state index contributed by atoms with van der Waals surface area (Å²) < 4.78 is 0. The van der Waals surface area contributed by atoms with Crippen molar-refractivity contribution < 1.29 is 4.79 Å². The highest BCUT2D eigenvalue weighted by Crippen LogP contribution is 2.12. The van der Waals surface area contributed by atoms with E-state index in [1.165, 1.54) is 6.42 Å². The van der Waals surface area contributed by atoms with Gasteiger partial charge in [-0.2, -0.15) is 0 Å². The summed E-state index contributed by atoms with van der Waals surface area (Å²) in [5.41, 5.74) is 1.96. The van der Waals surface area contributed by atoms with Crippen molar-refractivity contribution >= 4 is 41.5 Å². The normalized spacial score (nSPS) is 11.0. The molecule has 5 nitrogen and oxygen atoms in total. The number of hydrogen-bond acceptors (Lipinski definition) is 2. The second kappa shape index (κ2) is 13.0. The van der Waals surface area contributed by atoms with E-state index < -0.39 is 0 Å². The van der Waals surface area contributed by atoms with Crippen LogP contribution in [0.15, 0.2) is 29.3 Å². The molecular weight excluding hydrogens is 427 g/mol. The second-order valence-corrected chi connectivity index (χ2v) is 6.52. The molecule has 1 rings (SSSR count). The van der Waals surface area contributed by atoms with Crippen molar-refractivity contribution in [3.05, 3.63) is 29.8 Å². The van der Waals surface area contributed by atoms with E-state index in [2.05, 4.69) is 27.4 Å². The monoisotopic (exact) mass is 460 g/mol. The Bertz CT molecular complexity index is 546. The summed E-state index contributed by atoms with van der Waals surface area (Å²) in [4.78, 5) is 18.3. The van der Waals surface area contributed by atoms with E-state index in [1.54, 1.807) is 7.05 Å². The molecule has 0 unspecified atom stereocenters. The SMILES string of the molecule is CCCCN(C)C(=NC)NCc1cccc(NC(=O)CC(C)C)c1.I. The van der Waals surface area contributed by atoms with Gasteiger partial charge in [0, 0.05) is 39.3 Å². The van der Waals surface area contributed by atoms with Crippen molar-refractivity contribution in [1.82, 2.24) is 10.2 Å². The Morgan fingerprint density at radius 1 is 1.32 bits per heavy atom. The highest BCUT2D eigenvalue weighted by molar-refractivity contribution is 14.0. The molecule has 25 heavy (non-hydrogen) atoms.